The van der Waals surface area contributed by atoms with Crippen LogP contribution in [-0.2, 0) is 7.05 Å². The van der Waals surface area contributed by atoms with Gasteiger partial charge < -0.3 is 5.32 Å². The summed E-state index contributed by atoms with van der Waals surface area (Å²) in [5, 5.41) is 18.2. The molecule has 1 atom stereocenters. The predicted octanol–water partition coefficient (Wildman–Crippen LogP) is 3.15. The summed E-state index contributed by atoms with van der Waals surface area (Å²) in [6.07, 6.45) is 3.66. The summed E-state index contributed by atoms with van der Waals surface area (Å²) in [7, 11) is 1.84. The molecule has 0 spiro atoms. The Morgan fingerprint density at radius 2 is 2.26 bits per heavy atom. The van der Waals surface area contributed by atoms with Crippen LogP contribution in [0.15, 0.2) is 30.6 Å². The van der Waals surface area contributed by atoms with Gasteiger partial charge in [0.25, 0.3) is 5.69 Å². The van der Waals surface area contributed by atoms with Crippen LogP contribution >= 0.6 is 11.6 Å². The summed E-state index contributed by atoms with van der Waals surface area (Å²) >= 11 is 6.02. The van der Waals surface area contributed by atoms with Crippen molar-refractivity contribution >= 4 is 23.0 Å². The van der Waals surface area contributed by atoms with Crippen LogP contribution < -0.4 is 5.32 Å². The largest absolute Gasteiger partial charge is 0.377 e. The smallest absolute Gasteiger partial charge is 0.271 e. The molecule has 0 radical (unpaired) electrons. The molecular formula is C12H13ClN4O2. The zero-order chi connectivity index (χ0) is 14.0. The summed E-state index contributed by atoms with van der Waals surface area (Å²) in [5.41, 5.74) is 1.64. The van der Waals surface area contributed by atoms with Crippen molar-refractivity contribution in [2.45, 2.75) is 13.0 Å². The minimum absolute atomic E-state index is 0.00709. The average molecular weight is 281 g/mol. The Bertz CT molecular complexity index is 612. The van der Waals surface area contributed by atoms with Gasteiger partial charge in [0.15, 0.2) is 0 Å². The average Bonchev–Trinajstić information content (AvgIpc) is 2.78. The van der Waals surface area contributed by atoms with Gasteiger partial charge in [0, 0.05) is 30.9 Å². The van der Waals surface area contributed by atoms with Crippen LogP contribution in [0.5, 0.6) is 0 Å². The molecule has 1 aromatic heterocycles. The monoisotopic (exact) mass is 280 g/mol. The molecule has 1 N–H and O–H groups in total. The van der Waals surface area contributed by atoms with Gasteiger partial charge in [0.05, 0.1) is 27.9 Å². The fraction of sp³-hybridized carbons (Fsp3) is 0.250. The first-order valence-electron chi connectivity index (χ1n) is 5.66. The molecular weight excluding hydrogens is 268 g/mol. The summed E-state index contributed by atoms with van der Waals surface area (Å²) in [5.74, 6) is 0. The van der Waals surface area contributed by atoms with Gasteiger partial charge in [0.2, 0.25) is 0 Å². The van der Waals surface area contributed by atoms with Crippen LogP contribution in [-0.4, -0.2) is 14.7 Å². The topological polar surface area (TPSA) is 73.0 Å². The van der Waals surface area contributed by atoms with E-state index >= 15 is 0 Å². The normalized spacial score (nSPS) is 12.2. The summed E-state index contributed by atoms with van der Waals surface area (Å²) in [6, 6.07) is 4.37. The molecule has 0 saturated heterocycles. The minimum Gasteiger partial charge on any atom is -0.377 e. The van der Waals surface area contributed by atoms with E-state index in [9.17, 15) is 10.1 Å². The Balaban J connectivity index is 2.17. The molecule has 0 aliphatic carbocycles. The van der Waals surface area contributed by atoms with Crippen molar-refractivity contribution < 1.29 is 4.92 Å². The van der Waals surface area contributed by atoms with Gasteiger partial charge in [-0.25, -0.2) is 0 Å². The summed E-state index contributed by atoms with van der Waals surface area (Å²) in [4.78, 5) is 10.2. The highest BCUT2D eigenvalue weighted by Crippen LogP contribution is 2.29. The van der Waals surface area contributed by atoms with Gasteiger partial charge in [0.1, 0.15) is 0 Å². The van der Waals surface area contributed by atoms with Crippen molar-refractivity contribution in [3.63, 3.8) is 0 Å². The number of non-ortho nitro benzene ring substituents is 1. The van der Waals surface area contributed by atoms with Gasteiger partial charge in [-0.3, -0.25) is 14.8 Å². The number of halogens is 1. The molecule has 6 nitrogen and oxygen atoms in total. The van der Waals surface area contributed by atoms with E-state index in [1.54, 1.807) is 16.9 Å². The first-order chi connectivity index (χ1) is 8.97. The molecule has 0 bridgehead atoms. The van der Waals surface area contributed by atoms with Crippen molar-refractivity contribution in [1.82, 2.24) is 9.78 Å². The van der Waals surface area contributed by atoms with Crippen molar-refractivity contribution in [2.24, 2.45) is 7.05 Å². The number of hydrogen-bond donors (Lipinski definition) is 1. The van der Waals surface area contributed by atoms with E-state index in [4.69, 9.17) is 11.6 Å². The van der Waals surface area contributed by atoms with E-state index in [1.807, 2.05) is 20.2 Å². The zero-order valence-corrected chi connectivity index (χ0v) is 11.3. The lowest BCUT2D eigenvalue weighted by Gasteiger charge is -2.14. The number of benzene rings is 1. The van der Waals surface area contributed by atoms with Crippen molar-refractivity contribution in [1.29, 1.82) is 0 Å². The molecule has 0 fully saturated rings. The third-order valence-electron chi connectivity index (χ3n) is 2.76. The highest BCUT2D eigenvalue weighted by molar-refractivity contribution is 6.33. The Labute approximate surface area is 115 Å². The highest BCUT2D eigenvalue weighted by atomic mass is 35.5. The molecule has 100 valence electrons. The fourth-order valence-corrected chi connectivity index (χ4v) is 1.94. The van der Waals surface area contributed by atoms with Crippen LogP contribution in [0.3, 0.4) is 0 Å². The van der Waals surface area contributed by atoms with Gasteiger partial charge in [-0.1, -0.05) is 11.6 Å². The molecule has 0 aliphatic rings. The number of anilines is 1. The maximum absolute atomic E-state index is 10.6. The molecule has 0 aliphatic heterocycles. The van der Waals surface area contributed by atoms with E-state index in [-0.39, 0.29) is 11.7 Å². The number of nitrogens with one attached hydrogen (secondary N) is 1. The van der Waals surface area contributed by atoms with Gasteiger partial charge >= 0.3 is 0 Å². The van der Waals surface area contributed by atoms with E-state index < -0.39 is 4.92 Å². The zero-order valence-electron chi connectivity index (χ0n) is 10.5. The molecule has 2 aromatic rings. The van der Waals surface area contributed by atoms with Crippen molar-refractivity contribution in [3.8, 4) is 0 Å². The van der Waals surface area contributed by atoms with Crippen molar-refractivity contribution in [2.75, 3.05) is 5.32 Å². The molecule has 0 saturated carbocycles. The van der Waals surface area contributed by atoms with Gasteiger partial charge in [-0.2, -0.15) is 5.10 Å². The summed E-state index contributed by atoms with van der Waals surface area (Å²) in [6.45, 7) is 1.97. The lowest BCUT2D eigenvalue weighted by atomic mass is 10.2. The van der Waals surface area contributed by atoms with E-state index in [1.165, 1.54) is 12.1 Å². The van der Waals surface area contributed by atoms with E-state index in [2.05, 4.69) is 10.4 Å². The Morgan fingerprint density at radius 1 is 1.53 bits per heavy atom. The lowest BCUT2D eigenvalue weighted by molar-refractivity contribution is -0.384. The number of nitrogens with zero attached hydrogens (tertiary/aromatic N) is 3. The predicted molar refractivity (Wildman–Crippen MR) is 73.4 cm³/mol. The number of rotatable bonds is 4. The van der Waals surface area contributed by atoms with Crippen LogP contribution in [0.4, 0.5) is 11.4 Å². The van der Waals surface area contributed by atoms with Gasteiger partial charge in [-0.05, 0) is 13.0 Å². The first kappa shape index (κ1) is 13.4. The maximum atomic E-state index is 10.6. The number of nitro benzene ring substituents is 1. The summed E-state index contributed by atoms with van der Waals surface area (Å²) < 4.78 is 1.71. The molecule has 19 heavy (non-hydrogen) atoms. The molecule has 1 unspecified atom stereocenters. The number of aryl methyl sites for hydroxylation is 1. The molecule has 1 aromatic carbocycles. The molecule has 1 heterocycles. The lowest BCUT2D eigenvalue weighted by Crippen LogP contribution is -2.06. The SMILES string of the molecule is CC(Nc1ccc([N+](=O)[O-])cc1Cl)c1cnn(C)c1. The highest BCUT2D eigenvalue weighted by Gasteiger charge is 2.12. The third-order valence-corrected chi connectivity index (χ3v) is 3.07. The number of aromatic nitrogens is 2. The molecule has 2 rings (SSSR count). The number of hydrogen-bond acceptors (Lipinski definition) is 4. The van der Waals surface area contributed by atoms with E-state index in [0.717, 1.165) is 5.56 Å². The quantitative estimate of drug-likeness (QED) is 0.690. The Hall–Kier alpha value is -2.08. The number of nitro groups is 1. The second-order valence-electron chi connectivity index (χ2n) is 4.23. The second kappa shape index (κ2) is 5.27. The van der Waals surface area contributed by atoms with Gasteiger partial charge in [-0.15, -0.1) is 0 Å². The molecule has 0 amide bonds. The Morgan fingerprint density at radius 3 is 2.79 bits per heavy atom. The van der Waals surface area contributed by atoms with Crippen molar-refractivity contribution in [3.05, 3.63) is 51.3 Å². The minimum atomic E-state index is -0.472. The molecule has 7 heteroatoms. The Kier molecular flexibility index (Phi) is 3.71. The van der Waals surface area contributed by atoms with E-state index in [0.29, 0.717) is 10.7 Å². The van der Waals surface area contributed by atoms with Crippen LogP contribution in [0.1, 0.15) is 18.5 Å². The maximum Gasteiger partial charge on any atom is 0.271 e. The third kappa shape index (κ3) is 3.03. The fourth-order valence-electron chi connectivity index (χ4n) is 1.71. The van der Waals surface area contributed by atoms with Crippen LogP contribution in [0, 0.1) is 10.1 Å². The first-order valence-corrected chi connectivity index (χ1v) is 6.04. The van der Waals surface area contributed by atoms with Crippen LogP contribution in [0.2, 0.25) is 5.02 Å². The second-order valence-corrected chi connectivity index (χ2v) is 4.64. The van der Waals surface area contributed by atoms with Crippen LogP contribution in [0.25, 0.3) is 0 Å². The standard InChI is InChI=1S/C12H13ClN4O2/c1-8(9-6-14-16(2)7-9)15-12-4-3-10(17(18)19)5-11(12)13/h3-8,15H,1-2H3.